The molecule has 0 N–H and O–H groups in total. The van der Waals surface area contributed by atoms with E-state index in [1.54, 1.807) is 0 Å². The normalized spacial score (nSPS) is 13.1. The van der Waals surface area contributed by atoms with Crippen LogP contribution in [0.3, 0.4) is 0 Å². The summed E-state index contributed by atoms with van der Waals surface area (Å²) in [4.78, 5) is 38.0. The van der Waals surface area contributed by atoms with Crippen molar-refractivity contribution in [1.82, 2.24) is 0 Å². The molecule has 0 spiro atoms. The van der Waals surface area contributed by atoms with Gasteiger partial charge in [0.1, 0.15) is 13.2 Å². The van der Waals surface area contributed by atoms with E-state index in [4.69, 9.17) is 14.2 Å². The molecule has 0 rings (SSSR count). The van der Waals surface area contributed by atoms with Crippen molar-refractivity contribution < 1.29 is 28.6 Å². The number of rotatable bonds is 45. The van der Waals surface area contributed by atoms with Crippen LogP contribution >= 0.6 is 0 Å². The van der Waals surface area contributed by atoms with Gasteiger partial charge in [-0.1, -0.05) is 226 Å². The zero-order valence-corrected chi connectivity index (χ0v) is 41.7. The smallest absolute Gasteiger partial charge is 0.306 e. The van der Waals surface area contributed by atoms with Crippen molar-refractivity contribution in [3.63, 3.8) is 0 Å². The summed E-state index contributed by atoms with van der Waals surface area (Å²) >= 11 is 0. The molecule has 0 aliphatic heterocycles. The van der Waals surface area contributed by atoms with Crippen molar-refractivity contribution in [2.75, 3.05) is 13.2 Å². The average Bonchev–Trinajstić information content (AvgIpc) is 3.30. The van der Waals surface area contributed by atoms with Gasteiger partial charge >= 0.3 is 17.9 Å². The van der Waals surface area contributed by atoms with E-state index in [0.29, 0.717) is 12.8 Å². The van der Waals surface area contributed by atoms with Crippen molar-refractivity contribution in [2.24, 2.45) is 0 Å². The predicted molar refractivity (Wildman–Crippen MR) is 279 cm³/mol. The van der Waals surface area contributed by atoms with E-state index in [0.717, 1.165) is 122 Å². The topological polar surface area (TPSA) is 78.9 Å². The second-order valence-electron chi connectivity index (χ2n) is 16.9. The molecular formula is C59H94O6. The van der Waals surface area contributed by atoms with Crippen LogP contribution < -0.4 is 0 Å². The summed E-state index contributed by atoms with van der Waals surface area (Å²) in [6.07, 6.45) is 71.7. The summed E-state index contributed by atoms with van der Waals surface area (Å²) in [7, 11) is 0. The van der Waals surface area contributed by atoms with Gasteiger partial charge in [0.25, 0.3) is 0 Å². The zero-order chi connectivity index (χ0) is 47.2. The molecule has 0 amide bonds. The molecule has 0 saturated carbocycles. The maximum absolute atomic E-state index is 12.8. The Hall–Kier alpha value is -4.19. The highest BCUT2D eigenvalue weighted by atomic mass is 16.6. The lowest BCUT2D eigenvalue weighted by Crippen LogP contribution is -2.30. The lowest BCUT2D eigenvalue weighted by atomic mass is 10.1. The van der Waals surface area contributed by atoms with Crippen LogP contribution in [0.1, 0.15) is 213 Å². The molecule has 6 heteroatoms. The molecular weight excluding hydrogens is 805 g/mol. The van der Waals surface area contributed by atoms with Gasteiger partial charge in [0.05, 0.1) is 0 Å². The van der Waals surface area contributed by atoms with Crippen LogP contribution in [-0.2, 0) is 28.6 Å². The average molecular weight is 899 g/mol. The van der Waals surface area contributed by atoms with Gasteiger partial charge < -0.3 is 14.2 Å². The lowest BCUT2D eigenvalue weighted by Gasteiger charge is -2.18. The van der Waals surface area contributed by atoms with E-state index >= 15 is 0 Å². The summed E-state index contributed by atoms with van der Waals surface area (Å²) in [6.45, 7) is 6.42. The summed E-state index contributed by atoms with van der Waals surface area (Å²) in [5.74, 6) is -0.993. The molecule has 0 radical (unpaired) electrons. The van der Waals surface area contributed by atoms with Crippen molar-refractivity contribution in [2.45, 2.75) is 219 Å². The highest BCUT2D eigenvalue weighted by Gasteiger charge is 2.19. The fourth-order valence-electron chi connectivity index (χ4n) is 6.62. The molecule has 0 aliphatic rings. The number of ether oxygens (including phenoxy) is 3. The van der Waals surface area contributed by atoms with Crippen LogP contribution in [0, 0.1) is 0 Å². The van der Waals surface area contributed by atoms with Gasteiger partial charge in [-0.15, -0.1) is 0 Å². The summed E-state index contributed by atoms with van der Waals surface area (Å²) < 4.78 is 16.7. The van der Waals surface area contributed by atoms with Gasteiger partial charge in [0, 0.05) is 19.3 Å². The quantitative estimate of drug-likeness (QED) is 0.0262. The molecule has 366 valence electrons. The van der Waals surface area contributed by atoms with Crippen molar-refractivity contribution in [3.8, 4) is 0 Å². The highest BCUT2D eigenvalue weighted by Crippen LogP contribution is 2.12. The van der Waals surface area contributed by atoms with Crippen molar-refractivity contribution >= 4 is 17.9 Å². The number of unbranched alkanes of at least 4 members (excludes halogenated alkanes) is 21. The fourth-order valence-corrected chi connectivity index (χ4v) is 6.62. The van der Waals surface area contributed by atoms with Crippen LogP contribution in [0.15, 0.2) is 122 Å². The van der Waals surface area contributed by atoms with E-state index in [9.17, 15) is 14.4 Å². The van der Waals surface area contributed by atoms with E-state index < -0.39 is 6.10 Å². The highest BCUT2D eigenvalue weighted by molar-refractivity contribution is 5.71. The molecule has 0 saturated heterocycles. The van der Waals surface area contributed by atoms with Crippen LogP contribution in [0.2, 0.25) is 0 Å². The number of hydrogen-bond donors (Lipinski definition) is 0. The van der Waals surface area contributed by atoms with Crippen LogP contribution in [0.25, 0.3) is 0 Å². The van der Waals surface area contributed by atoms with E-state index in [1.165, 1.54) is 51.4 Å². The van der Waals surface area contributed by atoms with Gasteiger partial charge in [-0.05, 0) is 89.9 Å². The summed E-state index contributed by atoms with van der Waals surface area (Å²) in [6, 6.07) is 0. The molecule has 0 bridgehead atoms. The number of allylic oxidation sites excluding steroid dienone is 20. The Morgan fingerprint density at radius 1 is 0.308 bits per heavy atom. The first kappa shape index (κ1) is 60.8. The minimum absolute atomic E-state index is 0.113. The molecule has 0 aromatic carbocycles. The van der Waals surface area contributed by atoms with E-state index in [-0.39, 0.29) is 37.5 Å². The Bertz CT molecular complexity index is 1400. The molecule has 6 nitrogen and oxygen atoms in total. The van der Waals surface area contributed by atoms with Gasteiger partial charge in [0.15, 0.2) is 6.10 Å². The first-order valence-electron chi connectivity index (χ1n) is 26.2. The second kappa shape index (κ2) is 52.4. The third-order valence-corrected chi connectivity index (χ3v) is 10.6. The maximum Gasteiger partial charge on any atom is 0.306 e. The SMILES string of the molecule is CCCC/C=C\C=C/CCCCCC(=O)OCC(COC(=O)CCCCCCC\C=C/C=C\C=C/C=C\CCCCC)OC(=O)CCCCCCC\C=C/C=C\C=C/C=C\CCCCC. The molecule has 0 heterocycles. The minimum Gasteiger partial charge on any atom is -0.462 e. The standard InChI is InChI=1S/C59H94O6/c1-4-7-10-13-16-19-22-24-26-28-30-32-34-37-40-43-46-49-52-58(61)64-55-56(54-63-57(60)51-48-45-42-39-36-21-18-15-12-9-6-3)65-59(62)53-50-47-44-41-38-35-33-31-29-27-25-23-20-17-14-11-8-5-2/h15-33,36,56H,4-14,34-35,37-55H2,1-3H3/b18-15-,19-16-,20-17-,24-22-,25-23-,28-26-,29-27-,32-30-,33-31-,36-21-. The third-order valence-electron chi connectivity index (χ3n) is 10.6. The maximum atomic E-state index is 12.8. The summed E-state index contributed by atoms with van der Waals surface area (Å²) in [5, 5.41) is 0. The Morgan fingerprint density at radius 2 is 0.569 bits per heavy atom. The number of carbonyl (C=O) groups excluding carboxylic acids is 3. The molecule has 0 aliphatic carbocycles. The Morgan fingerprint density at radius 3 is 0.938 bits per heavy atom. The van der Waals surface area contributed by atoms with Crippen molar-refractivity contribution in [3.05, 3.63) is 122 Å². The van der Waals surface area contributed by atoms with Crippen LogP contribution in [-0.4, -0.2) is 37.2 Å². The minimum atomic E-state index is -0.815. The van der Waals surface area contributed by atoms with Crippen LogP contribution in [0.5, 0.6) is 0 Å². The third kappa shape index (κ3) is 50.7. The molecule has 1 atom stereocenters. The first-order valence-corrected chi connectivity index (χ1v) is 26.2. The van der Waals surface area contributed by atoms with Gasteiger partial charge in [0.2, 0.25) is 0 Å². The molecule has 0 aromatic heterocycles. The first-order chi connectivity index (χ1) is 32.0. The molecule has 0 fully saturated rings. The Balaban J connectivity index is 4.53. The van der Waals surface area contributed by atoms with E-state index in [2.05, 4.69) is 142 Å². The number of hydrogen-bond acceptors (Lipinski definition) is 6. The van der Waals surface area contributed by atoms with Crippen LogP contribution in [0.4, 0.5) is 0 Å². The zero-order valence-electron chi connectivity index (χ0n) is 41.7. The van der Waals surface area contributed by atoms with Crippen molar-refractivity contribution in [1.29, 1.82) is 0 Å². The fraction of sp³-hybridized carbons (Fsp3) is 0.610. The second-order valence-corrected chi connectivity index (χ2v) is 16.9. The monoisotopic (exact) mass is 899 g/mol. The molecule has 65 heavy (non-hydrogen) atoms. The van der Waals surface area contributed by atoms with Gasteiger partial charge in [-0.2, -0.15) is 0 Å². The summed E-state index contributed by atoms with van der Waals surface area (Å²) in [5.41, 5.74) is 0. The predicted octanol–water partition coefficient (Wildman–Crippen LogP) is 17.3. The Kier molecular flexibility index (Phi) is 49.1. The largest absolute Gasteiger partial charge is 0.462 e. The van der Waals surface area contributed by atoms with Gasteiger partial charge in [-0.25, -0.2) is 0 Å². The molecule has 0 aromatic rings. The molecule has 1 unspecified atom stereocenters. The van der Waals surface area contributed by atoms with E-state index in [1.807, 2.05) is 0 Å². The number of esters is 3. The number of carbonyl (C=O) groups is 3. The van der Waals surface area contributed by atoms with Gasteiger partial charge in [-0.3, -0.25) is 14.4 Å². The Labute approximate surface area is 399 Å². The lowest BCUT2D eigenvalue weighted by molar-refractivity contribution is -0.167.